The third kappa shape index (κ3) is 3.59. The lowest BCUT2D eigenvalue weighted by Crippen LogP contribution is -2.30. The lowest BCUT2D eigenvalue weighted by Gasteiger charge is -2.17. The molecule has 152 valence electrons. The first-order valence-electron chi connectivity index (χ1n) is 9.59. The van der Waals surface area contributed by atoms with Crippen molar-refractivity contribution in [1.82, 2.24) is 10.2 Å². The molecular formula is C20H24N5O4+. The van der Waals surface area contributed by atoms with Gasteiger partial charge in [-0.15, -0.1) is 0 Å². The predicted molar refractivity (Wildman–Crippen MR) is 107 cm³/mol. The SMILES string of the molecule is COc1cc(OC)cc(C2CCCc3c(C4=N[N+](C)=CC4[N+](=O)[O-])n[nH]c3C2)c1. The molecule has 2 aromatic rings. The number of nitro groups is 1. The second-order valence-corrected chi connectivity index (χ2v) is 7.41. The highest BCUT2D eigenvalue weighted by Gasteiger charge is 2.41. The summed E-state index contributed by atoms with van der Waals surface area (Å²) in [5, 5.41) is 23.3. The Bertz CT molecular complexity index is 988. The topological polar surface area (TPSA) is 106 Å². The third-order valence-electron chi connectivity index (χ3n) is 5.60. The number of rotatable bonds is 5. The van der Waals surface area contributed by atoms with Crippen molar-refractivity contribution in [3.63, 3.8) is 0 Å². The van der Waals surface area contributed by atoms with Gasteiger partial charge in [-0.05, 0) is 49.3 Å². The number of nitrogens with one attached hydrogen (secondary N) is 1. The van der Waals surface area contributed by atoms with E-state index in [1.165, 1.54) is 10.9 Å². The van der Waals surface area contributed by atoms with Crippen LogP contribution in [0.25, 0.3) is 0 Å². The number of methoxy groups -OCH3 is 2. The molecule has 1 aliphatic heterocycles. The van der Waals surface area contributed by atoms with Gasteiger partial charge in [0.25, 0.3) is 6.21 Å². The fourth-order valence-electron chi connectivity index (χ4n) is 4.15. The maximum atomic E-state index is 11.5. The van der Waals surface area contributed by atoms with Crippen molar-refractivity contribution in [2.75, 3.05) is 21.3 Å². The Hall–Kier alpha value is -3.23. The zero-order valence-electron chi connectivity index (χ0n) is 16.7. The number of hydrogen-bond acceptors (Lipinski definition) is 6. The Kier molecular flexibility index (Phi) is 5.04. The number of ether oxygens (including phenoxy) is 2. The first kappa shape index (κ1) is 19.1. The van der Waals surface area contributed by atoms with E-state index in [2.05, 4.69) is 15.3 Å². The van der Waals surface area contributed by atoms with Crippen LogP contribution in [-0.4, -0.2) is 59.0 Å². The van der Waals surface area contributed by atoms with Crippen molar-refractivity contribution in [3.05, 3.63) is 50.8 Å². The molecule has 2 aliphatic rings. The van der Waals surface area contributed by atoms with Crippen molar-refractivity contribution in [2.24, 2.45) is 5.10 Å². The Labute approximate surface area is 168 Å². The fraction of sp³-hybridized carbons (Fsp3) is 0.450. The maximum Gasteiger partial charge on any atom is 0.339 e. The standard InChI is InChI=1S/C20H24N5O4/c1-24-11-18(25(26)27)20(23-24)19-16-6-4-5-12(9-17(16)21-22-19)13-7-14(28-2)10-15(8-13)29-3/h7-8,10-12,18H,4-6,9H2,1-3H3,(H,21,22)/q+1. The zero-order chi connectivity index (χ0) is 20.5. The molecule has 1 aromatic carbocycles. The molecule has 2 unspecified atom stereocenters. The van der Waals surface area contributed by atoms with Gasteiger partial charge in [-0.2, -0.15) is 5.10 Å². The minimum absolute atomic E-state index is 0.277. The summed E-state index contributed by atoms with van der Waals surface area (Å²) in [6, 6.07) is 4.99. The zero-order valence-corrected chi connectivity index (χ0v) is 16.7. The molecule has 29 heavy (non-hydrogen) atoms. The number of aromatic amines is 1. The highest BCUT2D eigenvalue weighted by molar-refractivity contribution is 6.11. The predicted octanol–water partition coefficient (Wildman–Crippen LogP) is 2.17. The summed E-state index contributed by atoms with van der Waals surface area (Å²) in [7, 11) is 4.99. The smallest absolute Gasteiger partial charge is 0.339 e. The van der Waals surface area contributed by atoms with E-state index in [0.717, 1.165) is 54.0 Å². The monoisotopic (exact) mass is 398 g/mol. The van der Waals surface area contributed by atoms with Crippen LogP contribution in [-0.2, 0) is 12.8 Å². The quantitative estimate of drug-likeness (QED) is 0.360. The number of hydrazone groups is 1. The normalized spacial score (nSPS) is 21.1. The molecule has 1 aromatic heterocycles. The van der Waals surface area contributed by atoms with Gasteiger partial charge in [-0.1, -0.05) is 4.68 Å². The van der Waals surface area contributed by atoms with Crippen molar-refractivity contribution < 1.29 is 19.1 Å². The Morgan fingerprint density at radius 3 is 2.62 bits per heavy atom. The van der Waals surface area contributed by atoms with Gasteiger partial charge in [0.2, 0.25) is 5.71 Å². The molecule has 9 heteroatoms. The molecule has 1 N–H and O–H groups in total. The van der Waals surface area contributed by atoms with Crippen molar-refractivity contribution >= 4 is 11.9 Å². The molecule has 9 nitrogen and oxygen atoms in total. The number of hydrogen-bond donors (Lipinski definition) is 1. The molecule has 0 radical (unpaired) electrons. The molecule has 1 aliphatic carbocycles. The van der Waals surface area contributed by atoms with Crippen molar-refractivity contribution in [1.29, 1.82) is 0 Å². The lowest BCUT2D eigenvalue weighted by atomic mass is 9.91. The van der Waals surface area contributed by atoms with Crippen LogP contribution in [0, 0.1) is 10.1 Å². The Morgan fingerprint density at radius 1 is 1.24 bits per heavy atom. The van der Waals surface area contributed by atoms with Crippen LogP contribution in [0.4, 0.5) is 0 Å². The average Bonchev–Trinajstić information content (AvgIpc) is 3.23. The van der Waals surface area contributed by atoms with Crippen molar-refractivity contribution in [2.45, 2.75) is 37.6 Å². The van der Waals surface area contributed by atoms with Gasteiger partial charge in [0.05, 0.1) is 14.2 Å². The molecule has 2 heterocycles. The first-order chi connectivity index (χ1) is 14.0. The first-order valence-corrected chi connectivity index (χ1v) is 9.59. The summed E-state index contributed by atoms with van der Waals surface area (Å²) in [5.74, 6) is 1.81. The van der Waals surface area contributed by atoms with E-state index in [-0.39, 0.29) is 10.8 Å². The van der Waals surface area contributed by atoms with Crippen LogP contribution < -0.4 is 9.47 Å². The van der Waals surface area contributed by atoms with E-state index in [9.17, 15) is 10.1 Å². The number of fused-ring (bicyclic) bond motifs is 1. The summed E-state index contributed by atoms with van der Waals surface area (Å²) < 4.78 is 12.3. The van der Waals surface area contributed by atoms with Gasteiger partial charge in [-0.25, -0.2) is 0 Å². The molecule has 0 amide bonds. The van der Waals surface area contributed by atoms with E-state index in [1.807, 2.05) is 18.2 Å². The number of aromatic nitrogens is 2. The second-order valence-electron chi connectivity index (χ2n) is 7.41. The Morgan fingerprint density at radius 2 is 1.97 bits per heavy atom. The molecule has 0 saturated carbocycles. The average molecular weight is 398 g/mol. The molecule has 0 bridgehead atoms. The van der Waals surface area contributed by atoms with Gasteiger partial charge in [0.1, 0.15) is 17.2 Å². The minimum atomic E-state index is -0.964. The molecule has 4 rings (SSSR count). The highest BCUT2D eigenvalue weighted by Crippen LogP contribution is 2.36. The van der Waals surface area contributed by atoms with Gasteiger partial charge in [-0.3, -0.25) is 15.2 Å². The summed E-state index contributed by atoms with van der Waals surface area (Å²) in [6.07, 6.45) is 5.04. The van der Waals surface area contributed by atoms with E-state index in [1.54, 1.807) is 21.3 Å². The van der Waals surface area contributed by atoms with Gasteiger partial charge >= 0.3 is 6.04 Å². The molecule has 2 atom stereocenters. The van der Waals surface area contributed by atoms with Gasteiger partial charge < -0.3 is 9.47 Å². The van der Waals surface area contributed by atoms with Crippen LogP contribution >= 0.6 is 0 Å². The summed E-state index contributed by atoms with van der Waals surface area (Å²) in [5.41, 5.74) is 4.22. The Balaban J connectivity index is 1.66. The minimum Gasteiger partial charge on any atom is -0.497 e. The number of nitrogens with zero attached hydrogens (tertiary/aromatic N) is 4. The van der Waals surface area contributed by atoms with Crippen LogP contribution in [0.2, 0.25) is 0 Å². The van der Waals surface area contributed by atoms with Gasteiger partial charge in [0.15, 0.2) is 7.05 Å². The number of H-pyrrole nitrogens is 1. The van der Waals surface area contributed by atoms with Crippen LogP contribution in [0.3, 0.4) is 0 Å². The van der Waals surface area contributed by atoms with Gasteiger partial charge in [0, 0.05) is 27.3 Å². The molecule has 0 saturated heterocycles. The van der Waals surface area contributed by atoms with Crippen LogP contribution in [0.5, 0.6) is 11.5 Å². The fourth-order valence-corrected chi connectivity index (χ4v) is 4.15. The summed E-state index contributed by atoms with van der Waals surface area (Å²) >= 11 is 0. The maximum absolute atomic E-state index is 11.5. The largest absolute Gasteiger partial charge is 0.497 e. The lowest BCUT2D eigenvalue weighted by molar-refractivity contribution is -0.512. The molecule has 0 spiro atoms. The van der Waals surface area contributed by atoms with E-state index in [4.69, 9.17) is 9.47 Å². The van der Waals surface area contributed by atoms with E-state index < -0.39 is 6.04 Å². The number of benzene rings is 1. The summed E-state index contributed by atoms with van der Waals surface area (Å²) in [6.45, 7) is 0. The third-order valence-corrected chi connectivity index (χ3v) is 5.60. The molecular weight excluding hydrogens is 374 g/mol. The van der Waals surface area contributed by atoms with Crippen LogP contribution in [0.15, 0.2) is 23.3 Å². The van der Waals surface area contributed by atoms with Crippen molar-refractivity contribution in [3.8, 4) is 11.5 Å². The molecule has 0 fully saturated rings. The van der Waals surface area contributed by atoms with E-state index in [0.29, 0.717) is 11.4 Å². The van der Waals surface area contributed by atoms with E-state index >= 15 is 0 Å². The second kappa shape index (κ2) is 7.65. The summed E-state index contributed by atoms with van der Waals surface area (Å²) in [4.78, 5) is 11.1. The van der Waals surface area contributed by atoms with Crippen LogP contribution in [0.1, 0.15) is 41.3 Å². The highest BCUT2D eigenvalue weighted by atomic mass is 16.6.